The molecule has 0 bridgehead atoms. The Morgan fingerprint density at radius 3 is 2.52 bits per heavy atom. The maximum Gasteiger partial charge on any atom is 0.321 e. The van der Waals surface area contributed by atoms with Crippen LogP contribution in [0.25, 0.3) is 10.2 Å². The van der Waals surface area contributed by atoms with E-state index in [0.29, 0.717) is 33.5 Å². The fraction of sp³-hybridized carbons (Fsp3) is 0.160. The molecule has 0 unspecified atom stereocenters. The minimum Gasteiger partial charge on any atom is -0.334 e. The van der Waals surface area contributed by atoms with Gasteiger partial charge in [0, 0.05) is 12.1 Å². The molecule has 4 rings (SSSR count). The number of aromatic nitrogens is 1. The first kappa shape index (κ1) is 22.8. The van der Waals surface area contributed by atoms with Crippen molar-refractivity contribution in [2.75, 3.05) is 10.6 Å². The van der Waals surface area contributed by atoms with Gasteiger partial charge in [0.15, 0.2) is 5.13 Å². The number of halogens is 1. The molecular formula is C25H23ClN4O2S. The Labute approximate surface area is 201 Å². The second-order valence-corrected chi connectivity index (χ2v) is 9.19. The number of para-hydroxylation sites is 1. The van der Waals surface area contributed by atoms with E-state index in [1.807, 2.05) is 51.1 Å². The topological polar surface area (TPSA) is 83.1 Å². The summed E-state index contributed by atoms with van der Waals surface area (Å²) in [6.45, 7) is 6.40. The number of benzene rings is 3. The maximum atomic E-state index is 12.8. The molecule has 0 aliphatic heterocycles. The number of nitrogens with zero attached hydrogens (tertiary/aromatic N) is 1. The van der Waals surface area contributed by atoms with Crippen molar-refractivity contribution >= 4 is 55.9 Å². The van der Waals surface area contributed by atoms with Gasteiger partial charge >= 0.3 is 6.03 Å². The number of hydrogen-bond acceptors (Lipinski definition) is 4. The highest BCUT2D eigenvalue weighted by Crippen LogP contribution is 2.29. The smallest absolute Gasteiger partial charge is 0.321 e. The molecule has 0 saturated heterocycles. The molecule has 0 spiro atoms. The number of anilines is 2. The molecular weight excluding hydrogens is 456 g/mol. The zero-order valence-electron chi connectivity index (χ0n) is 18.5. The lowest BCUT2D eigenvalue weighted by Crippen LogP contribution is -2.28. The first-order chi connectivity index (χ1) is 15.8. The molecule has 1 aromatic heterocycles. The van der Waals surface area contributed by atoms with Gasteiger partial charge in [0.2, 0.25) is 0 Å². The van der Waals surface area contributed by atoms with Crippen molar-refractivity contribution in [3.63, 3.8) is 0 Å². The van der Waals surface area contributed by atoms with E-state index in [1.54, 1.807) is 24.3 Å². The molecule has 3 N–H and O–H groups in total. The van der Waals surface area contributed by atoms with Crippen LogP contribution in [0.15, 0.2) is 54.6 Å². The van der Waals surface area contributed by atoms with Crippen LogP contribution in [-0.4, -0.2) is 16.9 Å². The van der Waals surface area contributed by atoms with E-state index in [2.05, 4.69) is 20.9 Å². The quantitative estimate of drug-likeness (QED) is 0.308. The van der Waals surface area contributed by atoms with Crippen LogP contribution in [0.2, 0.25) is 5.02 Å². The molecule has 0 saturated carbocycles. The fourth-order valence-corrected chi connectivity index (χ4v) is 4.58. The van der Waals surface area contributed by atoms with Crippen LogP contribution < -0.4 is 16.0 Å². The van der Waals surface area contributed by atoms with Gasteiger partial charge in [-0.2, -0.15) is 0 Å². The number of amides is 3. The highest BCUT2D eigenvalue weighted by atomic mass is 35.5. The summed E-state index contributed by atoms with van der Waals surface area (Å²) < 4.78 is 0.795. The van der Waals surface area contributed by atoms with Crippen LogP contribution in [0.3, 0.4) is 0 Å². The van der Waals surface area contributed by atoms with E-state index in [9.17, 15) is 9.59 Å². The van der Waals surface area contributed by atoms with E-state index in [4.69, 9.17) is 11.6 Å². The molecule has 0 atom stereocenters. The van der Waals surface area contributed by atoms with Crippen LogP contribution in [0.5, 0.6) is 0 Å². The van der Waals surface area contributed by atoms with E-state index in [-0.39, 0.29) is 11.9 Å². The summed E-state index contributed by atoms with van der Waals surface area (Å²) >= 11 is 7.53. The number of carbonyl (C=O) groups excluding carboxylic acids is 2. The first-order valence-corrected chi connectivity index (χ1v) is 11.6. The highest BCUT2D eigenvalue weighted by molar-refractivity contribution is 7.22. The van der Waals surface area contributed by atoms with E-state index in [0.717, 1.165) is 21.4 Å². The van der Waals surface area contributed by atoms with Crippen LogP contribution in [0.4, 0.5) is 15.6 Å². The van der Waals surface area contributed by atoms with Gasteiger partial charge in [0.1, 0.15) is 0 Å². The number of carbonyl (C=O) groups is 2. The van der Waals surface area contributed by atoms with Crippen molar-refractivity contribution in [3.8, 4) is 0 Å². The third-order valence-corrected chi connectivity index (χ3v) is 6.74. The average Bonchev–Trinajstić information content (AvgIpc) is 3.18. The lowest BCUT2D eigenvalue weighted by atomic mass is 10.0. The first-order valence-electron chi connectivity index (χ1n) is 10.4. The molecule has 168 valence electrons. The van der Waals surface area contributed by atoms with E-state index < -0.39 is 0 Å². The summed E-state index contributed by atoms with van der Waals surface area (Å²) in [5.41, 5.74) is 6.08. The number of fused-ring (bicyclic) bond motifs is 1. The average molecular weight is 479 g/mol. The summed E-state index contributed by atoms with van der Waals surface area (Å²) in [5.74, 6) is -0.262. The molecule has 4 aromatic rings. The number of rotatable bonds is 5. The fourth-order valence-electron chi connectivity index (χ4n) is 3.42. The predicted molar refractivity (Wildman–Crippen MR) is 136 cm³/mol. The number of thiazole rings is 1. The third-order valence-electron chi connectivity index (χ3n) is 5.49. The minimum atomic E-state index is -0.331. The van der Waals surface area contributed by atoms with Gasteiger partial charge < -0.3 is 10.6 Å². The van der Waals surface area contributed by atoms with Gasteiger partial charge in [-0.15, -0.1) is 0 Å². The molecule has 1 heterocycles. The third kappa shape index (κ3) is 5.16. The Bertz CT molecular complexity index is 1350. The molecule has 0 aliphatic rings. The summed E-state index contributed by atoms with van der Waals surface area (Å²) in [4.78, 5) is 29.6. The van der Waals surface area contributed by atoms with Crippen molar-refractivity contribution in [1.82, 2.24) is 10.3 Å². The van der Waals surface area contributed by atoms with Crippen molar-refractivity contribution in [3.05, 3.63) is 87.4 Å². The summed E-state index contributed by atoms with van der Waals surface area (Å²) in [6, 6.07) is 16.4. The Morgan fingerprint density at radius 2 is 1.73 bits per heavy atom. The SMILES string of the molecule is Cc1cccc(CNC(=O)Nc2nc3ccc(C(=O)Nc4c(C)cccc4Cl)cc3s2)c1C. The van der Waals surface area contributed by atoms with Gasteiger partial charge in [-0.25, -0.2) is 9.78 Å². The number of urea groups is 1. The Hall–Kier alpha value is -3.42. The van der Waals surface area contributed by atoms with Crippen molar-refractivity contribution in [2.24, 2.45) is 0 Å². The lowest BCUT2D eigenvalue weighted by Gasteiger charge is -2.10. The van der Waals surface area contributed by atoms with Gasteiger partial charge in [-0.05, 0) is 67.3 Å². The Kier molecular flexibility index (Phi) is 6.62. The molecule has 0 fully saturated rings. The van der Waals surface area contributed by atoms with Crippen LogP contribution in [0.1, 0.15) is 32.6 Å². The van der Waals surface area contributed by atoms with Crippen LogP contribution in [-0.2, 0) is 6.54 Å². The number of aryl methyl sites for hydroxylation is 2. The van der Waals surface area contributed by atoms with Crippen molar-refractivity contribution in [2.45, 2.75) is 27.3 Å². The van der Waals surface area contributed by atoms with Gasteiger partial charge in [0.05, 0.1) is 20.9 Å². The molecule has 33 heavy (non-hydrogen) atoms. The van der Waals surface area contributed by atoms with Crippen molar-refractivity contribution in [1.29, 1.82) is 0 Å². The predicted octanol–water partition coefficient (Wildman–Crippen LogP) is 6.45. The van der Waals surface area contributed by atoms with Gasteiger partial charge in [0.25, 0.3) is 5.91 Å². The maximum absolute atomic E-state index is 12.8. The van der Waals surface area contributed by atoms with Crippen LogP contribution >= 0.6 is 22.9 Å². The normalized spacial score (nSPS) is 10.8. The van der Waals surface area contributed by atoms with Gasteiger partial charge in [-0.1, -0.05) is 53.3 Å². The number of hydrogen-bond donors (Lipinski definition) is 3. The van der Waals surface area contributed by atoms with Crippen molar-refractivity contribution < 1.29 is 9.59 Å². The lowest BCUT2D eigenvalue weighted by molar-refractivity contribution is 0.102. The molecule has 0 radical (unpaired) electrons. The van der Waals surface area contributed by atoms with E-state index >= 15 is 0 Å². The summed E-state index contributed by atoms with van der Waals surface area (Å²) in [5, 5.41) is 9.47. The highest BCUT2D eigenvalue weighted by Gasteiger charge is 2.14. The summed E-state index contributed by atoms with van der Waals surface area (Å²) in [6.07, 6.45) is 0. The Balaban J connectivity index is 1.43. The monoisotopic (exact) mass is 478 g/mol. The molecule has 0 aliphatic carbocycles. The zero-order valence-corrected chi connectivity index (χ0v) is 20.0. The molecule has 6 nitrogen and oxygen atoms in total. The second-order valence-electron chi connectivity index (χ2n) is 7.75. The minimum absolute atomic E-state index is 0.262. The van der Waals surface area contributed by atoms with Crippen LogP contribution in [0, 0.1) is 20.8 Å². The number of nitrogens with one attached hydrogen (secondary N) is 3. The Morgan fingerprint density at radius 1 is 0.970 bits per heavy atom. The van der Waals surface area contributed by atoms with Gasteiger partial charge in [-0.3, -0.25) is 10.1 Å². The largest absolute Gasteiger partial charge is 0.334 e. The molecule has 8 heteroatoms. The van der Waals surface area contributed by atoms with E-state index in [1.165, 1.54) is 16.9 Å². The standard InChI is InChI=1S/C25H23ClN4O2S/c1-14-6-4-8-18(16(14)3)13-27-24(32)30-25-28-20-11-10-17(12-21(20)33-25)23(31)29-22-15(2)7-5-9-19(22)26/h4-12H,13H2,1-3H3,(H,29,31)(H2,27,28,30,32). The summed E-state index contributed by atoms with van der Waals surface area (Å²) in [7, 11) is 0. The molecule has 3 amide bonds. The zero-order chi connectivity index (χ0) is 23.5. The second kappa shape index (κ2) is 9.60. The molecule has 3 aromatic carbocycles.